The molecule has 0 radical (unpaired) electrons. The van der Waals surface area contributed by atoms with E-state index in [1.165, 1.54) is 11.8 Å². The number of nitrogens with one attached hydrogen (secondary N) is 1. The second kappa shape index (κ2) is 7.35. The van der Waals surface area contributed by atoms with Gasteiger partial charge in [0.25, 0.3) is 11.8 Å². The molecule has 2 aromatic carbocycles. The van der Waals surface area contributed by atoms with E-state index >= 15 is 0 Å². The Balaban J connectivity index is 2.19. The van der Waals surface area contributed by atoms with Crippen molar-refractivity contribution in [3.8, 4) is 0 Å². The summed E-state index contributed by atoms with van der Waals surface area (Å²) in [6.45, 7) is 7.58. The molecule has 2 aromatic rings. The summed E-state index contributed by atoms with van der Waals surface area (Å²) in [5.74, 6) is -0.792. The van der Waals surface area contributed by atoms with Crippen LogP contribution in [0, 0.1) is 0 Å². The van der Waals surface area contributed by atoms with E-state index in [1.807, 2.05) is 25.1 Å². The maximum absolute atomic E-state index is 13.3. The standard InChI is InChI=1S/C22H24N2O3/c1-5-13(3)16-10-7-9-15(6-2)20(16)24-21(26)17-11-8-12-18(23-14(4)25)19(17)22(24)27/h7-13H,5-6H2,1-4H3,(H,23,25). The lowest BCUT2D eigenvalue weighted by Crippen LogP contribution is -2.32. The van der Waals surface area contributed by atoms with Crippen molar-refractivity contribution in [3.63, 3.8) is 0 Å². The number of para-hydroxylation sites is 1. The molecule has 1 N–H and O–H groups in total. The van der Waals surface area contributed by atoms with Crippen LogP contribution in [0.25, 0.3) is 0 Å². The van der Waals surface area contributed by atoms with Crippen LogP contribution in [-0.2, 0) is 11.2 Å². The molecular formula is C22H24N2O3. The molecule has 0 saturated carbocycles. The molecule has 27 heavy (non-hydrogen) atoms. The molecule has 0 bridgehead atoms. The Morgan fingerprint density at radius 2 is 1.78 bits per heavy atom. The van der Waals surface area contributed by atoms with Gasteiger partial charge in [-0.25, -0.2) is 4.90 Å². The highest BCUT2D eigenvalue weighted by molar-refractivity contribution is 6.36. The van der Waals surface area contributed by atoms with Crippen molar-refractivity contribution < 1.29 is 14.4 Å². The molecule has 0 aliphatic carbocycles. The lowest BCUT2D eigenvalue weighted by atomic mass is 9.93. The van der Waals surface area contributed by atoms with E-state index in [9.17, 15) is 14.4 Å². The van der Waals surface area contributed by atoms with Crippen LogP contribution in [0.5, 0.6) is 0 Å². The van der Waals surface area contributed by atoms with Gasteiger partial charge in [0.15, 0.2) is 0 Å². The number of hydrogen-bond acceptors (Lipinski definition) is 3. The zero-order valence-corrected chi connectivity index (χ0v) is 16.1. The van der Waals surface area contributed by atoms with Crippen LogP contribution >= 0.6 is 0 Å². The minimum absolute atomic E-state index is 0.214. The van der Waals surface area contributed by atoms with E-state index in [1.54, 1.807) is 18.2 Å². The topological polar surface area (TPSA) is 66.5 Å². The Labute approximate surface area is 159 Å². The zero-order valence-electron chi connectivity index (χ0n) is 16.1. The number of nitrogens with zero attached hydrogens (tertiary/aromatic N) is 1. The minimum Gasteiger partial charge on any atom is -0.326 e. The van der Waals surface area contributed by atoms with Crippen molar-refractivity contribution >= 4 is 29.1 Å². The number of amides is 3. The van der Waals surface area contributed by atoms with Crippen LogP contribution in [0.2, 0.25) is 0 Å². The number of imide groups is 1. The lowest BCUT2D eigenvalue weighted by molar-refractivity contribution is -0.114. The molecule has 1 aliphatic heterocycles. The monoisotopic (exact) mass is 364 g/mol. The number of carbonyl (C=O) groups excluding carboxylic acids is 3. The number of anilines is 2. The van der Waals surface area contributed by atoms with Crippen LogP contribution in [0.15, 0.2) is 36.4 Å². The average Bonchev–Trinajstić information content (AvgIpc) is 2.91. The van der Waals surface area contributed by atoms with Gasteiger partial charge in [-0.15, -0.1) is 0 Å². The number of benzene rings is 2. The molecule has 1 aliphatic rings. The number of hydrogen-bond donors (Lipinski definition) is 1. The third-order valence-electron chi connectivity index (χ3n) is 5.12. The first-order chi connectivity index (χ1) is 12.9. The van der Waals surface area contributed by atoms with E-state index in [2.05, 4.69) is 19.2 Å². The van der Waals surface area contributed by atoms with Crippen molar-refractivity contribution in [2.24, 2.45) is 0 Å². The number of fused-ring (bicyclic) bond motifs is 1. The fourth-order valence-corrected chi connectivity index (χ4v) is 3.57. The molecule has 5 nitrogen and oxygen atoms in total. The Hall–Kier alpha value is -2.95. The molecule has 1 unspecified atom stereocenters. The first kappa shape index (κ1) is 18.8. The Kier molecular flexibility index (Phi) is 5.13. The summed E-state index contributed by atoms with van der Waals surface area (Å²) < 4.78 is 0. The summed E-state index contributed by atoms with van der Waals surface area (Å²) in [7, 11) is 0. The molecule has 140 valence electrons. The molecule has 3 amide bonds. The van der Waals surface area contributed by atoms with Gasteiger partial charge in [0, 0.05) is 6.92 Å². The normalized spacial score (nSPS) is 14.3. The Bertz CT molecular complexity index is 933. The molecule has 1 atom stereocenters. The summed E-state index contributed by atoms with van der Waals surface area (Å²) in [5.41, 5.74) is 3.61. The third kappa shape index (κ3) is 3.14. The van der Waals surface area contributed by atoms with E-state index in [0.29, 0.717) is 23.4 Å². The van der Waals surface area contributed by atoms with E-state index in [-0.39, 0.29) is 29.2 Å². The fourth-order valence-electron chi connectivity index (χ4n) is 3.57. The average molecular weight is 364 g/mol. The third-order valence-corrected chi connectivity index (χ3v) is 5.12. The molecule has 1 heterocycles. The van der Waals surface area contributed by atoms with Gasteiger partial charge < -0.3 is 5.32 Å². The first-order valence-corrected chi connectivity index (χ1v) is 9.31. The van der Waals surface area contributed by atoms with Crippen LogP contribution < -0.4 is 10.2 Å². The van der Waals surface area contributed by atoms with E-state index < -0.39 is 0 Å². The second-order valence-electron chi connectivity index (χ2n) is 6.87. The largest absolute Gasteiger partial charge is 0.326 e. The molecule has 0 saturated heterocycles. The van der Waals surface area contributed by atoms with Crippen molar-refractivity contribution in [1.82, 2.24) is 0 Å². The minimum atomic E-state index is -0.384. The quantitative estimate of drug-likeness (QED) is 0.793. The highest BCUT2D eigenvalue weighted by Gasteiger charge is 2.40. The van der Waals surface area contributed by atoms with Crippen LogP contribution in [0.1, 0.15) is 71.9 Å². The van der Waals surface area contributed by atoms with Crippen LogP contribution in [0.3, 0.4) is 0 Å². The number of carbonyl (C=O) groups is 3. The highest BCUT2D eigenvalue weighted by atomic mass is 16.2. The molecule has 0 aromatic heterocycles. The molecule has 0 fully saturated rings. The molecule has 0 spiro atoms. The summed E-state index contributed by atoms with van der Waals surface area (Å²) in [6.07, 6.45) is 1.62. The maximum atomic E-state index is 13.3. The van der Waals surface area contributed by atoms with Crippen molar-refractivity contribution in [2.75, 3.05) is 10.2 Å². The zero-order chi connectivity index (χ0) is 19.7. The summed E-state index contributed by atoms with van der Waals surface area (Å²) in [6, 6.07) is 10.9. The molecule has 3 rings (SSSR count). The first-order valence-electron chi connectivity index (χ1n) is 9.31. The van der Waals surface area contributed by atoms with Gasteiger partial charge in [-0.3, -0.25) is 14.4 Å². The fraction of sp³-hybridized carbons (Fsp3) is 0.318. The van der Waals surface area contributed by atoms with Gasteiger partial charge in [-0.1, -0.05) is 45.0 Å². The lowest BCUT2D eigenvalue weighted by Gasteiger charge is -2.24. The van der Waals surface area contributed by atoms with E-state index in [0.717, 1.165) is 17.5 Å². The van der Waals surface area contributed by atoms with Gasteiger partial charge in [-0.2, -0.15) is 0 Å². The van der Waals surface area contributed by atoms with Crippen LogP contribution in [0.4, 0.5) is 11.4 Å². The van der Waals surface area contributed by atoms with Gasteiger partial charge in [0.2, 0.25) is 5.91 Å². The van der Waals surface area contributed by atoms with Gasteiger partial charge >= 0.3 is 0 Å². The van der Waals surface area contributed by atoms with Crippen molar-refractivity contribution in [1.29, 1.82) is 0 Å². The van der Waals surface area contributed by atoms with E-state index in [4.69, 9.17) is 0 Å². The smallest absolute Gasteiger partial charge is 0.268 e. The van der Waals surface area contributed by atoms with Crippen molar-refractivity contribution in [3.05, 3.63) is 58.7 Å². The number of aryl methyl sites for hydroxylation is 1. The number of rotatable bonds is 5. The van der Waals surface area contributed by atoms with Crippen molar-refractivity contribution in [2.45, 2.75) is 46.5 Å². The van der Waals surface area contributed by atoms with Gasteiger partial charge in [0.05, 0.1) is 22.5 Å². The predicted octanol–water partition coefficient (Wildman–Crippen LogP) is 4.52. The highest BCUT2D eigenvalue weighted by Crippen LogP contribution is 2.39. The van der Waals surface area contributed by atoms with Gasteiger partial charge in [-0.05, 0) is 42.0 Å². The predicted molar refractivity (Wildman–Crippen MR) is 106 cm³/mol. The summed E-state index contributed by atoms with van der Waals surface area (Å²) in [4.78, 5) is 39.3. The Morgan fingerprint density at radius 3 is 2.41 bits per heavy atom. The summed E-state index contributed by atoms with van der Waals surface area (Å²) >= 11 is 0. The SMILES string of the molecule is CCc1cccc(C(C)CC)c1N1C(=O)c2cccc(NC(C)=O)c2C1=O. The van der Waals surface area contributed by atoms with Gasteiger partial charge in [0.1, 0.15) is 0 Å². The maximum Gasteiger partial charge on any atom is 0.268 e. The molecule has 5 heteroatoms. The van der Waals surface area contributed by atoms with Crippen LogP contribution in [-0.4, -0.2) is 17.7 Å². The Morgan fingerprint density at radius 1 is 1.07 bits per heavy atom. The summed E-state index contributed by atoms with van der Waals surface area (Å²) in [5, 5.41) is 2.67. The second-order valence-corrected chi connectivity index (χ2v) is 6.87. The molecular weight excluding hydrogens is 340 g/mol.